The van der Waals surface area contributed by atoms with E-state index in [1.54, 1.807) is 0 Å². The molecule has 0 saturated heterocycles. The monoisotopic (exact) mass is 733 g/mol. The number of unbranched alkanes of at least 4 members (excludes halogenated alkanes) is 2. The predicted octanol–water partition coefficient (Wildman–Crippen LogP) is 14.1. The normalized spacial score (nSPS) is 11.9. The number of aliphatic imine (C=N–C) groups is 2. The molecule has 4 aromatic carbocycles. The maximum absolute atomic E-state index is 5.49. The Morgan fingerprint density at radius 3 is 1.02 bits per heavy atom. The van der Waals surface area contributed by atoms with E-state index >= 15 is 0 Å². The number of nitrogens with zero attached hydrogens (tertiary/aromatic N) is 3. The largest absolute Gasteiger partial charge is 0.246 e. The molecule has 4 heteroatoms. The van der Waals surface area contributed by atoms with Crippen molar-refractivity contribution in [3.8, 4) is 0 Å². The number of pyridine rings is 1. The number of rotatable bonds is 12. The summed E-state index contributed by atoms with van der Waals surface area (Å²) >= 11 is 0. The number of para-hydroxylation sites is 2. The Morgan fingerprint density at radius 2 is 0.750 bits per heavy atom. The Labute approximate surface area is 325 Å². The van der Waals surface area contributed by atoms with Crippen molar-refractivity contribution in [2.75, 3.05) is 0 Å². The third kappa shape index (κ3) is 11.0. The van der Waals surface area contributed by atoms with E-state index in [-0.39, 0.29) is 17.1 Å². The van der Waals surface area contributed by atoms with E-state index in [1.807, 2.05) is 12.1 Å². The Bertz CT molecular complexity index is 1700. The number of benzene rings is 4. The van der Waals surface area contributed by atoms with Gasteiger partial charge in [0, 0.05) is 28.2 Å². The Morgan fingerprint density at radius 1 is 0.442 bits per heavy atom. The van der Waals surface area contributed by atoms with Gasteiger partial charge >= 0.3 is 0 Å². The Balaban J connectivity index is 0.00000114. The van der Waals surface area contributed by atoms with Gasteiger partial charge in [0.15, 0.2) is 0 Å². The molecule has 274 valence electrons. The average Bonchev–Trinajstić information content (AvgIpc) is 3.13. The maximum atomic E-state index is 5.49. The first-order chi connectivity index (χ1) is 24.6. The number of hydrogen-bond acceptors (Lipinski definition) is 3. The van der Waals surface area contributed by atoms with Crippen LogP contribution in [0.4, 0.5) is 11.4 Å². The number of aromatic nitrogens is 1. The van der Waals surface area contributed by atoms with Gasteiger partial charge in [0.2, 0.25) is 0 Å². The second kappa shape index (κ2) is 20.8. The molecule has 1 aromatic heterocycles. The van der Waals surface area contributed by atoms with E-state index < -0.39 is 0 Å². The molecular weight excluding hydrogens is 674 g/mol. The summed E-state index contributed by atoms with van der Waals surface area (Å²) in [5.41, 5.74) is 12.5. The van der Waals surface area contributed by atoms with Gasteiger partial charge in [0.25, 0.3) is 0 Å². The van der Waals surface area contributed by atoms with Gasteiger partial charge < -0.3 is 0 Å². The molecule has 0 saturated carbocycles. The zero-order chi connectivity index (χ0) is 36.9. The first-order valence-corrected chi connectivity index (χ1v) is 19.1. The van der Waals surface area contributed by atoms with Crippen LogP contribution >= 0.6 is 0 Å². The minimum atomic E-state index is 0. The summed E-state index contributed by atoms with van der Waals surface area (Å²) in [7, 11) is 0. The van der Waals surface area contributed by atoms with E-state index in [0.717, 1.165) is 45.3 Å². The van der Waals surface area contributed by atoms with Crippen LogP contribution in [0, 0.1) is 0 Å². The summed E-state index contributed by atoms with van der Waals surface area (Å²) in [6.45, 7) is 22.3. The predicted molar refractivity (Wildman–Crippen MR) is 222 cm³/mol. The van der Waals surface area contributed by atoms with Crippen molar-refractivity contribution in [3.05, 3.63) is 160 Å². The van der Waals surface area contributed by atoms with E-state index in [9.17, 15) is 0 Å². The van der Waals surface area contributed by atoms with Gasteiger partial charge in [0.1, 0.15) is 0 Å². The van der Waals surface area contributed by atoms with Crippen LogP contribution < -0.4 is 0 Å². The fourth-order valence-corrected chi connectivity index (χ4v) is 6.29. The topological polar surface area (TPSA) is 37.6 Å². The summed E-state index contributed by atoms with van der Waals surface area (Å²) in [5.74, 6) is 1.34. The minimum absolute atomic E-state index is 0. The zero-order valence-electron chi connectivity index (χ0n) is 33.1. The molecule has 0 unspecified atom stereocenters. The molecule has 0 aliphatic heterocycles. The quantitative estimate of drug-likeness (QED) is 0.0929. The molecule has 5 rings (SSSR count). The fourth-order valence-electron chi connectivity index (χ4n) is 6.29. The van der Waals surface area contributed by atoms with Gasteiger partial charge in [-0.1, -0.05) is 192 Å². The third-order valence-electron chi connectivity index (χ3n) is 9.17. The summed E-state index contributed by atoms with van der Waals surface area (Å²) < 4.78 is 0. The third-order valence-corrected chi connectivity index (χ3v) is 9.17. The van der Waals surface area contributed by atoms with Crippen molar-refractivity contribution in [1.29, 1.82) is 0 Å². The van der Waals surface area contributed by atoms with E-state index in [2.05, 4.69) is 172 Å². The summed E-state index contributed by atoms with van der Waals surface area (Å²) in [6.07, 6.45) is 4.08. The van der Waals surface area contributed by atoms with Crippen LogP contribution in [0.2, 0.25) is 0 Å². The molecule has 0 fully saturated rings. The first kappa shape index (κ1) is 42.3. The molecule has 0 aliphatic rings. The van der Waals surface area contributed by atoms with E-state index in [4.69, 9.17) is 15.0 Å². The Hall–Kier alpha value is -4.11. The fraction of sp³-hybridized carbons (Fsp3) is 0.354. The van der Waals surface area contributed by atoms with Crippen LogP contribution in [0.3, 0.4) is 0 Å². The average molecular weight is 734 g/mol. The van der Waals surface area contributed by atoms with Gasteiger partial charge in [-0.25, -0.2) is 15.0 Å². The standard InChI is InChI=1S/C43H47N3.C5H12.Fe/c1-28(2)34-22-15-23-35(29(3)4)42(34)45-40(32-18-11-9-12-19-32)38-26-17-27-39(44-38)41(33-20-13-10-14-21-33)46-43-36(30(5)6)24-16-25-37(43)31(7)8;1-3-5-4-2;/h9-31H,1-8H3;3-5H2,1-2H3;. The molecule has 0 radical (unpaired) electrons. The van der Waals surface area contributed by atoms with Crippen LogP contribution in [0.15, 0.2) is 125 Å². The van der Waals surface area contributed by atoms with Gasteiger partial charge in [0.05, 0.1) is 34.2 Å². The molecule has 5 aromatic rings. The zero-order valence-corrected chi connectivity index (χ0v) is 34.2. The minimum Gasteiger partial charge on any atom is -0.246 e. The molecule has 0 atom stereocenters. The van der Waals surface area contributed by atoms with Gasteiger partial charge in [-0.2, -0.15) is 0 Å². The molecule has 3 nitrogen and oxygen atoms in total. The van der Waals surface area contributed by atoms with Crippen molar-refractivity contribution < 1.29 is 17.1 Å². The van der Waals surface area contributed by atoms with E-state index in [1.165, 1.54) is 41.5 Å². The van der Waals surface area contributed by atoms with Gasteiger partial charge in [-0.15, -0.1) is 0 Å². The van der Waals surface area contributed by atoms with E-state index in [0.29, 0.717) is 23.7 Å². The second-order valence-electron chi connectivity index (χ2n) is 14.6. The van der Waals surface area contributed by atoms with Crippen molar-refractivity contribution >= 4 is 22.8 Å². The van der Waals surface area contributed by atoms with Crippen molar-refractivity contribution in [2.24, 2.45) is 9.98 Å². The van der Waals surface area contributed by atoms with Crippen LogP contribution in [0.1, 0.15) is 157 Å². The SMILES string of the molecule is CC(C)c1cccc(C(C)C)c1N=C(c1ccccc1)c1cccc(C(=Nc2c(C(C)C)cccc2C(C)C)c2ccccc2)n1.CCCCC.[Fe]. The van der Waals surface area contributed by atoms with Crippen LogP contribution in [-0.2, 0) is 17.1 Å². The second-order valence-corrected chi connectivity index (χ2v) is 14.6. The van der Waals surface area contributed by atoms with Crippen molar-refractivity contribution in [1.82, 2.24) is 4.98 Å². The van der Waals surface area contributed by atoms with Crippen molar-refractivity contribution in [3.63, 3.8) is 0 Å². The van der Waals surface area contributed by atoms with Gasteiger partial charge in [-0.05, 0) is 58.1 Å². The van der Waals surface area contributed by atoms with Crippen LogP contribution in [0.25, 0.3) is 0 Å². The number of hydrogen-bond donors (Lipinski definition) is 0. The summed E-state index contributed by atoms with van der Waals surface area (Å²) in [6, 6.07) is 40.3. The van der Waals surface area contributed by atoms with Gasteiger partial charge in [-0.3, -0.25) is 0 Å². The molecule has 0 aliphatic carbocycles. The molecule has 1 heterocycles. The maximum Gasteiger partial charge on any atom is 0.0966 e. The van der Waals surface area contributed by atoms with Crippen LogP contribution in [-0.4, -0.2) is 16.4 Å². The first-order valence-electron chi connectivity index (χ1n) is 19.1. The van der Waals surface area contributed by atoms with Crippen molar-refractivity contribution in [2.45, 2.75) is 112 Å². The molecule has 0 amide bonds. The summed E-state index contributed by atoms with van der Waals surface area (Å²) in [4.78, 5) is 16.3. The molecule has 0 spiro atoms. The smallest absolute Gasteiger partial charge is 0.0966 e. The van der Waals surface area contributed by atoms with Crippen LogP contribution in [0.5, 0.6) is 0 Å². The molecule has 0 bridgehead atoms. The summed E-state index contributed by atoms with van der Waals surface area (Å²) in [5, 5.41) is 0. The molecule has 52 heavy (non-hydrogen) atoms. The Kier molecular flexibility index (Phi) is 16.9. The molecule has 0 N–H and O–H groups in total. The molecular formula is C48H59FeN3.